The number of carbonyl (C=O) groups excluding carboxylic acids is 1. The lowest BCUT2D eigenvalue weighted by Gasteiger charge is -2.07. The maximum Gasteiger partial charge on any atom is 0.360 e. The van der Waals surface area contributed by atoms with Crippen molar-refractivity contribution < 1.29 is 14.3 Å². The Hall–Kier alpha value is -2.73. The Kier molecular flexibility index (Phi) is 4.63. The van der Waals surface area contributed by atoms with Crippen LogP contribution in [0, 0.1) is 0 Å². The van der Waals surface area contributed by atoms with Crippen molar-refractivity contribution in [2.45, 2.75) is 6.61 Å². The molecule has 3 aromatic rings. The van der Waals surface area contributed by atoms with E-state index in [1.807, 2.05) is 36.5 Å². The van der Waals surface area contributed by atoms with Crippen LogP contribution < -0.4 is 4.74 Å². The Morgan fingerprint density at radius 1 is 1.13 bits per heavy atom. The zero-order valence-electron chi connectivity index (χ0n) is 12.4. The molecule has 2 heterocycles. The van der Waals surface area contributed by atoms with Crippen molar-refractivity contribution >= 4 is 17.3 Å². The SMILES string of the molecule is COC(=O)c1ncccc1OCc1ncc(-c2ccccc2)s1. The van der Waals surface area contributed by atoms with Gasteiger partial charge in [-0.05, 0) is 17.7 Å². The van der Waals surface area contributed by atoms with Crippen LogP contribution in [0.25, 0.3) is 10.4 Å². The van der Waals surface area contributed by atoms with E-state index < -0.39 is 5.97 Å². The molecule has 0 bridgehead atoms. The van der Waals surface area contributed by atoms with E-state index >= 15 is 0 Å². The zero-order valence-corrected chi connectivity index (χ0v) is 13.2. The molecule has 0 aliphatic carbocycles. The van der Waals surface area contributed by atoms with Crippen molar-refractivity contribution in [1.82, 2.24) is 9.97 Å². The number of benzene rings is 1. The van der Waals surface area contributed by atoms with E-state index in [0.717, 1.165) is 15.4 Å². The molecular formula is C17H14N2O3S. The number of pyridine rings is 1. The first-order valence-electron chi connectivity index (χ1n) is 6.94. The van der Waals surface area contributed by atoms with E-state index in [4.69, 9.17) is 9.47 Å². The molecule has 0 radical (unpaired) electrons. The number of esters is 1. The number of carbonyl (C=O) groups is 1. The zero-order chi connectivity index (χ0) is 16.1. The van der Waals surface area contributed by atoms with Gasteiger partial charge in [-0.1, -0.05) is 30.3 Å². The minimum absolute atomic E-state index is 0.162. The van der Waals surface area contributed by atoms with Crippen LogP contribution in [0.15, 0.2) is 54.9 Å². The van der Waals surface area contributed by atoms with Gasteiger partial charge < -0.3 is 9.47 Å². The van der Waals surface area contributed by atoms with Crippen molar-refractivity contribution in [3.8, 4) is 16.2 Å². The number of aromatic nitrogens is 2. The van der Waals surface area contributed by atoms with Gasteiger partial charge in [0.25, 0.3) is 0 Å². The van der Waals surface area contributed by atoms with Crippen LogP contribution in [0.5, 0.6) is 5.75 Å². The molecule has 1 aromatic carbocycles. The Balaban J connectivity index is 1.73. The number of thiazole rings is 1. The van der Waals surface area contributed by atoms with Crippen LogP contribution in [-0.4, -0.2) is 23.0 Å². The highest BCUT2D eigenvalue weighted by Crippen LogP contribution is 2.27. The topological polar surface area (TPSA) is 61.3 Å². The molecule has 0 aliphatic heterocycles. The third-order valence-electron chi connectivity index (χ3n) is 3.11. The van der Waals surface area contributed by atoms with E-state index in [0.29, 0.717) is 5.75 Å². The smallest absolute Gasteiger partial charge is 0.360 e. The quantitative estimate of drug-likeness (QED) is 0.671. The number of rotatable bonds is 5. The van der Waals surface area contributed by atoms with E-state index in [1.165, 1.54) is 13.3 Å². The van der Waals surface area contributed by atoms with Gasteiger partial charge in [0, 0.05) is 12.4 Å². The third kappa shape index (κ3) is 3.54. The van der Waals surface area contributed by atoms with Crippen molar-refractivity contribution in [3.05, 3.63) is 65.6 Å². The number of hydrogen-bond donors (Lipinski definition) is 0. The molecule has 116 valence electrons. The highest BCUT2D eigenvalue weighted by Gasteiger charge is 2.15. The van der Waals surface area contributed by atoms with Crippen molar-refractivity contribution in [2.24, 2.45) is 0 Å². The van der Waals surface area contributed by atoms with E-state index in [1.54, 1.807) is 23.5 Å². The summed E-state index contributed by atoms with van der Waals surface area (Å²) in [7, 11) is 1.31. The summed E-state index contributed by atoms with van der Waals surface area (Å²) in [6.07, 6.45) is 3.35. The molecular weight excluding hydrogens is 312 g/mol. The van der Waals surface area contributed by atoms with Crippen molar-refractivity contribution in [3.63, 3.8) is 0 Å². The number of methoxy groups -OCH3 is 1. The lowest BCUT2D eigenvalue weighted by atomic mass is 10.2. The summed E-state index contributed by atoms with van der Waals surface area (Å²) in [5, 5.41) is 0.823. The average molecular weight is 326 g/mol. The second-order valence-corrected chi connectivity index (χ2v) is 5.73. The Morgan fingerprint density at radius 3 is 2.74 bits per heavy atom. The maximum atomic E-state index is 11.7. The van der Waals surface area contributed by atoms with Crippen LogP contribution in [-0.2, 0) is 11.3 Å². The largest absolute Gasteiger partial charge is 0.484 e. The van der Waals surface area contributed by atoms with Crippen LogP contribution >= 0.6 is 11.3 Å². The second-order valence-electron chi connectivity index (χ2n) is 4.61. The van der Waals surface area contributed by atoms with Gasteiger partial charge in [0.1, 0.15) is 11.6 Å². The molecule has 3 rings (SSSR count). The van der Waals surface area contributed by atoms with Gasteiger partial charge >= 0.3 is 5.97 Å². The van der Waals surface area contributed by atoms with Gasteiger partial charge in [-0.25, -0.2) is 14.8 Å². The predicted octanol–water partition coefficient (Wildman–Crippen LogP) is 3.57. The fraction of sp³-hybridized carbons (Fsp3) is 0.118. The minimum Gasteiger partial charge on any atom is -0.484 e. The third-order valence-corrected chi connectivity index (χ3v) is 4.13. The molecule has 0 unspecified atom stereocenters. The highest BCUT2D eigenvalue weighted by molar-refractivity contribution is 7.15. The Morgan fingerprint density at radius 2 is 1.96 bits per heavy atom. The van der Waals surface area contributed by atoms with Crippen LogP contribution in [0.2, 0.25) is 0 Å². The number of ether oxygens (including phenoxy) is 2. The first-order valence-corrected chi connectivity index (χ1v) is 7.76. The molecule has 0 amide bonds. The van der Waals surface area contributed by atoms with E-state index in [-0.39, 0.29) is 12.3 Å². The molecule has 0 spiro atoms. The van der Waals surface area contributed by atoms with Crippen LogP contribution in [0.4, 0.5) is 0 Å². The first-order chi connectivity index (χ1) is 11.3. The highest BCUT2D eigenvalue weighted by atomic mass is 32.1. The normalized spacial score (nSPS) is 10.3. The molecule has 0 saturated carbocycles. The van der Waals surface area contributed by atoms with Gasteiger partial charge in [-0.3, -0.25) is 0 Å². The lowest BCUT2D eigenvalue weighted by Crippen LogP contribution is -2.07. The molecule has 23 heavy (non-hydrogen) atoms. The molecule has 2 aromatic heterocycles. The molecule has 0 saturated heterocycles. The van der Waals surface area contributed by atoms with Crippen LogP contribution in [0.1, 0.15) is 15.5 Å². The fourth-order valence-corrected chi connectivity index (χ4v) is 2.85. The number of hydrogen-bond acceptors (Lipinski definition) is 6. The summed E-state index contributed by atoms with van der Waals surface area (Å²) in [6.45, 7) is 0.271. The molecule has 0 atom stereocenters. The summed E-state index contributed by atoms with van der Waals surface area (Å²) < 4.78 is 10.4. The standard InChI is InChI=1S/C17H14N2O3S/c1-21-17(20)16-13(8-5-9-18-16)22-11-15-19-10-14(23-15)12-6-3-2-4-7-12/h2-10H,11H2,1H3. The van der Waals surface area contributed by atoms with Crippen molar-refractivity contribution in [2.75, 3.05) is 7.11 Å². The summed E-state index contributed by atoms with van der Waals surface area (Å²) >= 11 is 1.55. The van der Waals surface area contributed by atoms with E-state index in [2.05, 4.69) is 9.97 Å². The summed E-state index contributed by atoms with van der Waals surface area (Å²) in [4.78, 5) is 21.1. The maximum absolute atomic E-state index is 11.7. The summed E-state index contributed by atoms with van der Waals surface area (Å²) in [5.41, 5.74) is 1.28. The van der Waals surface area contributed by atoms with Crippen LogP contribution in [0.3, 0.4) is 0 Å². The van der Waals surface area contributed by atoms with Gasteiger partial charge in [0.15, 0.2) is 11.4 Å². The van der Waals surface area contributed by atoms with E-state index in [9.17, 15) is 4.79 Å². The molecule has 0 fully saturated rings. The molecule has 6 heteroatoms. The molecule has 5 nitrogen and oxygen atoms in total. The second kappa shape index (κ2) is 7.02. The van der Waals surface area contributed by atoms with Gasteiger partial charge in [-0.2, -0.15) is 0 Å². The number of nitrogens with zero attached hydrogens (tertiary/aromatic N) is 2. The summed E-state index contributed by atoms with van der Waals surface area (Å²) in [6, 6.07) is 13.4. The average Bonchev–Trinajstić information content (AvgIpc) is 3.09. The van der Waals surface area contributed by atoms with Gasteiger partial charge in [-0.15, -0.1) is 11.3 Å². The summed E-state index contributed by atoms with van der Waals surface area (Å²) in [5.74, 6) is -0.138. The fourth-order valence-electron chi connectivity index (χ4n) is 2.01. The Bertz CT molecular complexity index is 802. The monoisotopic (exact) mass is 326 g/mol. The first kappa shape index (κ1) is 15.2. The minimum atomic E-state index is -0.523. The van der Waals surface area contributed by atoms with Gasteiger partial charge in [0.2, 0.25) is 0 Å². The van der Waals surface area contributed by atoms with Crippen molar-refractivity contribution in [1.29, 1.82) is 0 Å². The lowest BCUT2D eigenvalue weighted by molar-refractivity contribution is 0.0588. The van der Waals surface area contributed by atoms with Gasteiger partial charge in [0.05, 0.1) is 12.0 Å². The predicted molar refractivity (Wildman–Crippen MR) is 87.5 cm³/mol. The molecule has 0 aliphatic rings. The Labute approximate surface area is 137 Å². The molecule has 0 N–H and O–H groups in total.